The Hall–Kier alpha value is -3.11. The van der Waals surface area contributed by atoms with E-state index >= 15 is 0 Å². The summed E-state index contributed by atoms with van der Waals surface area (Å²) < 4.78 is 43.3. The number of rotatable bonds is 9. The predicted molar refractivity (Wildman–Crippen MR) is 119 cm³/mol. The van der Waals surface area contributed by atoms with E-state index < -0.39 is 10.0 Å². The predicted octanol–water partition coefficient (Wildman–Crippen LogP) is 2.09. The van der Waals surface area contributed by atoms with Crippen LogP contribution in [-0.2, 0) is 14.8 Å². The van der Waals surface area contributed by atoms with Gasteiger partial charge in [0, 0.05) is 50.6 Å². The summed E-state index contributed by atoms with van der Waals surface area (Å²) >= 11 is 0. The van der Waals surface area contributed by atoms with Gasteiger partial charge in [-0.2, -0.15) is 0 Å². The summed E-state index contributed by atoms with van der Waals surface area (Å²) in [5, 5.41) is 0. The molecule has 0 saturated carbocycles. The van der Waals surface area contributed by atoms with E-state index in [-0.39, 0.29) is 23.8 Å². The molecule has 1 aliphatic heterocycles. The third kappa shape index (κ3) is 5.38. The van der Waals surface area contributed by atoms with Crippen LogP contribution in [0.25, 0.3) is 5.57 Å². The van der Waals surface area contributed by atoms with E-state index in [0.717, 1.165) is 11.1 Å². The van der Waals surface area contributed by atoms with Gasteiger partial charge in [-0.05, 0) is 24.1 Å². The Morgan fingerprint density at radius 1 is 1.16 bits per heavy atom. The summed E-state index contributed by atoms with van der Waals surface area (Å²) in [5.41, 5.74) is 1.86. The zero-order chi connectivity index (χ0) is 23.1. The molecule has 1 aromatic carbocycles. The lowest BCUT2D eigenvalue weighted by Crippen LogP contribution is -2.37. The van der Waals surface area contributed by atoms with E-state index in [1.165, 1.54) is 18.5 Å². The lowest BCUT2D eigenvalue weighted by molar-refractivity contribution is -0.130. The maximum atomic E-state index is 12.6. The van der Waals surface area contributed by atoms with Crippen LogP contribution in [0.4, 0.5) is 0 Å². The van der Waals surface area contributed by atoms with Crippen LogP contribution in [0, 0.1) is 0 Å². The third-order valence-electron chi connectivity index (χ3n) is 5.17. The van der Waals surface area contributed by atoms with Gasteiger partial charge in [0.25, 0.3) is 0 Å². The van der Waals surface area contributed by atoms with E-state index in [4.69, 9.17) is 14.2 Å². The number of ether oxygens (including phenoxy) is 3. The highest BCUT2D eigenvalue weighted by Gasteiger charge is 2.23. The van der Waals surface area contributed by atoms with Crippen molar-refractivity contribution in [2.45, 2.75) is 17.7 Å². The van der Waals surface area contributed by atoms with Crippen LogP contribution in [-0.4, -0.2) is 65.2 Å². The van der Waals surface area contributed by atoms with Crippen LogP contribution in [0.3, 0.4) is 0 Å². The first kappa shape index (κ1) is 23.6. The molecule has 0 aliphatic carbocycles. The molecule has 10 heteroatoms. The van der Waals surface area contributed by atoms with Crippen molar-refractivity contribution in [2.24, 2.45) is 0 Å². The smallest absolute Gasteiger partial charge is 0.242 e. The number of sulfonamides is 1. The summed E-state index contributed by atoms with van der Waals surface area (Å²) in [4.78, 5) is 18.2. The number of pyridine rings is 1. The molecule has 0 bridgehead atoms. The number of carbonyl (C=O) groups excluding carboxylic acids is 1. The lowest BCUT2D eigenvalue weighted by Gasteiger charge is -2.28. The van der Waals surface area contributed by atoms with Gasteiger partial charge in [0.2, 0.25) is 15.9 Å². The van der Waals surface area contributed by atoms with Crippen LogP contribution in [0.15, 0.2) is 47.6 Å². The first-order valence-electron chi connectivity index (χ1n) is 10.1. The van der Waals surface area contributed by atoms with E-state index in [0.29, 0.717) is 36.8 Å². The molecule has 1 aromatic heterocycles. The molecule has 0 saturated heterocycles. The Morgan fingerprint density at radius 2 is 1.88 bits per heavy atom. The Kier molecular flexibility index (Phi) is 7.70. The fourth-order valence-electron chi connectivity index (χ4n) is 3.48. The van der Waals surface area contributed by atoms with Crippen molar-refractivity contribution in [1.82, 2.24) is 14.6 Å². The fraction of sp³-hybridized carbons (Fsp3) is 0.364. The minimum Gasteiger partial charge on any atom is -0.496 e. The van der Waals surface area contributed by atoms with Crippen LogP contribution >= 0.6 is 0 Å². The maximum absolute atomic E-state index is 12.6. The topological polar surface area (TPSA) is 107 Å². The molecule has 0 radical (unpaired) electrons. The van der Waals surface area contributed by atoms with Gasteiger partial charge in [-0.15, -0.1) is 0 Å². The zero-order valence-electron chi connectivity index (χ0n) is 18.3. The molecule has 0 fully saturated rings. The van der Waals surface area contributed by atoms with E-state index in [1.54, 1.807) is 44.4 Å². The number of methoxy groups -OCH3 is 3. The number of carbonyl (C=O) groups is 1. The maximum Gasteiger partial charge on any atom is 0.242 e. The molecule has 2 aromatic rings. The number of hydrogen-bond acceptors (Lipinski definition) is 7. The Balaban J connectivity index is 1.62. The minimum atomic E-state index is -3.69. The highest BCUT2D eigenvalue weighted by Crippen LogP contribution is 2.40. The van der Waals surface area contributed by atoms with Gasteiger partial charge in [-0.3, -0.25) is 9.78 Å². The second kappa shape index (κ2) is 10.5. The normalized spacial score (nSPS) is 14.0. The van der Waals surface area contributed by atoms with Crippen molar-refractivity contribution in [3.05, 3.63) is 48.3 Å². The Morgan fingerprint density at radius 3 is 2.41 bits per heavy atom. The van der Waals surface area contributed by atoms with Gasteiger partial charge in [-0.25, -0.2) is 13.1 Å². The van der Waals surface area contributed by atoms with E-state index in [1.807, 2.05) is 6.08 Å². The molecule has 0 spiro atoms. The van der Waals surface area contributed by atoms with Crippen molar-refractivity contribution in [2.75, 3.05) is 41.0 Å². The number of aromatic nitrogens is 1. The SMILES string of the molecule is COc1cc(OC)c(C2=CCN(C(=O)CCNS(=O)(=O)c3cccnc3)CC2)c(OC)c1. The van der Waals surface area contributed by atoms with Crippen molar-refractivity contribution in [3.8, 4) is 17.2 Å². The molecule has 1 N–H and O–H groups in total. The number of hydrogen-bond donors (Lipinski definition) is 1. The Bertz CT molecular complexity index is 1060. The summed E-state index contributed by atoms with van der Waals surface area (Å²) in [5.74, 6) is 1.78. The number of amides is 1. The molecule has 1 aliphatic rings. The minimum absolute atomic E-state index is 0.0171. The second-order valence-electron chi connectivity index (χ2n) is 7.06. The number of nitrogens with zero attached hydrogens (tertiary/aromatic N) is 2. The zero-order valence-corrected chi connectivity index (χ0v) is 19.1. The summed E-state index contributed by atoms with van der Waals surface area (Å²) in [6.45, 7) is 0.948. The molecule has 32 heavy (non-hydrogen) atoms. The van der Waals surface area contributed by atoms with Crippen LogP contribution in [0.1, 0.15) is 18.4 Å². The first-order valence-corrected chi connectivity index (χ1v) is 11.5. The van der Waals surface area contributed by atoms with E-state index in [2.05, 4.69) is 9.71 Å². The second-order valence-corrected chi connectivity index (χ2v) is 8.83. The summed E-state index contributed by atoms with van der Waals surface area (Å²) in [7, 11) is 1.07. The fourth-order valence-corrected chi connectivity index (χ4v) is 4.48. The molecular formula is C22H27N3O6S. The molecule has 9 nitrogen and oxygen atoms in total. The van der Waals surface area contributed by atoms with Crippen LogP contribution < -0.4 is 18.9 Å². The molecule has 0 unspecified atom stereocenters. The van der Waals surface area contributed by atoms with Crippen LogP contribution in [0.2, 0.25) is 0 Å². The van der Waals surface area contributed by atoms with E-state index in [9.17, 15) is 13.2 Å². The van der Waals surface area contributed by atoms with Crippen molar-refractivity contribution in [1.29, 1.82) is 0 Å². The van der Waals surface area contributed by atoms with Crippen LogP contribution in [0.5, 0.6) is 17.2 Å². The third-order valence-corrected chi connectivity index (χ3v) is 6.62. The standard InChI is InChI=1S/C22H27N3O6S/c1-29-17-13-19(30-2)22(20(14-17)31-3)16-7-11-25(12-8-16)21(26)6-10-24-32(27,28)18-5-4-9-23-15-18/h4-5,7,9,13-15,24H,6,8,10-12H2,1-3H3. The highest BCUT2D eigenvalue weighted by atomic mass is 32.2. The molecular weight excluding hydrogens is 434 g/mol. The van der Waals surface area contributed by atoms with Gasteiger partial charge in [-0.1, -0.05) is 6.08 Å². The van der Waals surface area contributed by atoms with Gasteiger partial charge in [0.15, 0.2) is 0 Å². The monoisotopic (exact) mass is 461 g/mol. The summed E-state index contributed by atoms with van der Waals surface area (Å²) in [6.07, 6.45) is 5.42. The summed E-state index contributed by atoms with van der Waals surface area (Å²) in [6, 6.07) is 6.59. The first-order chi connectivity index (χ1) is 15.4. The average Bonchev–Trinajstić information content (AvgIpc) is 2.83. The van der Waals surface area contributed by atoms with Gasteiger partial charge in [0.1, 0.15) is 22.1 Å². The molecule has 3 rings (SSSR count). The number of nitrogens with one attached hydrogen (secondary N) is 1. The molecule has 2 heterocycles. The van der Waals surface area contributed by atoms with Gasteiger partial charge >= 0.3 is 0 Å². The molecule has 0 atom stereocenters. The van der Waals surface area contributed by atoms with Crippen molar-refractivity contribution < 1.29 is 27.4 Å². The average molecular weight is 462 g/mol. The quantitative estimate of drug-likeness (QED) is 0.609. The largest absolute Gasteiger partial charge is 0.496 e. The van der Waals surface area contributed by atoms with Gasteiger partial charge < -0.3 is 19.1 Å². The lowest BCUT2D eigenvalue weighted by atomic mass is 9.97. The van der Waals surface area contributed by atoms with Gasteiger partial charge in [0.05, 0.1) is 26.9 Å². The Labute approximate surface area is 188 Å². The molecule has 172 valence electrons. The van der Waals surface area contributed by atoms with Crippen molar-refractivity contribution in [3.63, 3.8) is 0 Å². The highest BCUT2D eigenvalue weighted by molar-refractivity contribution is 7.89. The molecule has 1 amide bonds. The number of benzene rings is 1. The van der Waals surface area contributed by atoms with Crippen molar-refractivity contribution >= 4 is 21.5 Å².